The molecule has 0 unspecified atom stereocenters. The van der Waals surface area contributed by atoms with Gasteiger partial charge in [-0.2, -0.15) is 0 Å². The summed E-state index contributed by atoms with van der Waals surface area (Å²) in [5.41, 5.74) is 0. The molecule has 1 N–H and O–H groups in total. The zero-order chi connectivity index (χ0) is 7.11. The fraction of sp³-hybridized carbons (Fsp3) is 0.833. The van der Waals surface area contributed by atoms with Crippen LogP contribution in [0.3, 0.4) is 0 Å². The van der Waals surface area contributed by atoms with Gasteiger partial charge in [0.25, 0.3) is 0 Å². The smallest absolute Gasteiger partial charge is 0.133 e. The van der Waals surface area contributed by atoms with Gasteiger partial charge in [-0.05, 0) is 12.7 Å². The SMILES string of the molecule is CCCCNC(=S)SC.[K]. The second-order valence-electron chi connectivity index (χ2n) is 1.77. The molecule has 1 radical (unpaired) electrons. The minimum absolute atomic E-state index is 0. The van der Waals surface area contributed by atoms with Crippen LogP contribution < -0.4 is 5.32 Å². The van der Waals surface area contributed by atoms with Gasteiger partial charge in [-0.1, -0.05) is 25.6 Å². The van der Waals surface area contributed by atoms with E-state index in [0.29, 0.717) is 0 Å². The van der Waals surface area contributed by atoms with Gasteiger partial charge in [-0.15, -0.1) is 11.8 Å². The van der Waals surface area contributed by atoms with Crippen LogP contribution in [0.15, 0.2) is 0 Å². The van der Waals surface area contributed by atoms with Crippen LogP contribution in [0, 0.1) is 0 Å². The Morgan fingerprint density at radius 3 is 2.60 bits per heavy atom. The zero-order valence-electron chi connectivity index (χ0n) is 6.94. The molecular weight excluding hydrogens is 189 g/mol. The standard InChI is InChI=1S/C6H13NS2.K/c1-3-4-5-7-6(8)9-2;/h3-5H2,1-2H3,(H,7,8);. The third kappa shape index (κ3) is 9.88. The summed E-state index contributed by atoms with van der Waals surface area (Å²) in [6.45, 7) is 3.19. The Morgan fingerprint density at radius 1 is 1.60 bits per heavy atom. The van der Waals surface area contributed by atoms with Crippen molar-refractivity contribution in [2.45, 2.75) is 19.8 Å². The molecule has 4 heteroatoms. The number of thiocarbonyl (C=S) groups is 1. The minimum atomic E-state index is 0. The van der Waals surface area contributed by atoms with Crippen molar-refractivity contribution in [2.75, 3.05) is 12.8 Å². The van der Waals surface area contributed by atoms with E-state index in [-0.39, 0.29) is 51.4 Å². The molecule has 0 bridgehead atoms. The Morgan fingerprint density at radius 2 is 2.20 bits per heavy atom. The van der Waals surface area contributed by atoms with Crippen molar-refractivity contribution in [3.63, 3.8) is 0 Å². The quantitative estimate of drug-likeness (QED) is 0.424. The van der Waals surface area contributed by atoms with Crippen LogP contribution in [0.2, 0.25) is 0 Å². The molecule has 0 rings (SSSR count). The monoisotopic (exact) mass is 202 g/mol. The average Bonchev–Trinajstić information content (AvgIpc) is 1.89. The van der Waals surface area contributed by atoms with Gasteiger partial charge in [-0.25, -0.2) is 0 Å². The largest absolute Gasteiger partial charge is 0.371 e. The van der Waals surface area contributed by atoms with Crippen molar-refractivity contribution in [1.29, 1.82) is 0 Å². The van der Waals surface area contributed by atoms with Crippen molar-refractivity contribution in [1.82, 2.24) is 5.32 Å². The van der Waals surface area contributed by atoms with Crippen molar-refractivity contribution in [3.05, 3.63) is 0 Å². The van der Waals surface area contributed by atoms with Crippen LogP contribution in [0.25, 0.3) is 0 Å². The number of hydrogen-bond donors (Lipinski definition) is 1. The van der Waals surface area contributed by atoms with E-state index in [1.165, 1.54) is 12.8 Å². The van der Waals surface area contributed by atoms with Gasteiger partial charge in [0.05, 0.1) is 0 Å². The van der Waals surface area contributed by atoms with Crippen molar-refractivity contribution >= 4 is 79.7 Å². The molecule has 0 heterocycles. The van der Waals surface area contributed by atoms with E-state index in [2.05, 4.69) is 12.2 Å². The van der Waals surface area contributed by atoms with Gasteiger partial charge >= 0.3 is 0 Å². The van der Waals surface area contributed by atoms with Crippen LogP contribution >= 0.6 is 24.0 Å². The first-order chi connectivity index (χ1) is 4.31. The molecule has 0 saturated heterocycles. The van der Waals surface area contributed by atoms with Crippen LogP contribution in [0.1, 0.15) is 19.8 Å². The molecule has 0 aromatic rings. The van der Waals surface area contributed by atoms with Crippen LogP contribution in [0.4, 0.5) is 0 Å². The van der Waals surface area contributed by atoms with E-state index in [1.807, 2.05) is 6.26 Å². The maximum atomic E-state index is 4.92. The fourth-order valence-electron chi connectivity index (χ4n) is 0.439. The van der Waals surface area contributed by atoms with Gasteiger partial charge in [0.1, 0.15) is 4.32 Å². The summed E-state index contributed by atoms with van der Waals surface area (Å²) in [5.74, 6) is 0. The molecule has 10 heavy (non-hydrogen) atoms. The summed E-state index contributed by atoms with van der Waals surface area (Å²) in [6.07, 6.45) is 4.42. The van der Waals surface area contributed by atoms with Crippen molar-refractivity contribution in [3.8, 4) is 0 Å². The fourth-order valence-corrected chi connectivity index (χ4v) is 0.788. The third-order valence-electron chi connectivity index (χ3n) is 0.985. The molecule has 0 fully saturated rings. The average molecular weight is 202 g/mol. The summed E-state index contributed by atoms with van der Waals surface area (Å²) in [7, 11) is 0. The van der Waals surface area contributed by atoms with Gasteiger partial charge < -0.3 is 5.32 Å². The molecule has 0 aliphatic carbocycles. The van der Waals surface area contributed by atoms with Crippen molar-refractivity contribution in [2.24, 2.45) is 0 Å². The zero-order valence-corrected chi connectivity index (χ0v) is 11.7. The Balaban J connectivity index is 0. The van der Waals surface area contributed by atoms with Gasteiger partial charge in [0.15, 0.2) is 0 Å². The predicted octanol–water partition coefficient (Wildman–Crippen LogP) is 1.64. The van der Waals surface area contributed by atoms with Crippen molar-refractivity contribution < 1.29 is 0 Å². The predicted molar refractivity (Wildman–Crippen MR) is 54.8 cm³/mol. The molecule has 0 aliphatic heterocycles. The number of thioether (sulfide) groups is 1. The molecule has 1 nitrogen and oxygen atoms in total. The van der Waals surface area contributed by atoms with E-state index in [1.54, 1.807) is 11.8 Å². The Labute approximate surface area is 116 Å². The van der Waals surface area contributed by atoms with Crippen LogP contribution in [-0.4, -0.2) is 68.5 Å². The minimum Gasteiger partial charge on any atom is -0.371 e. The summed E-state index contributed by atoms with van der Waals surface area (Å²) in [6, 6.07) is 0. The normalized spacial score (nSPS) is 8.20. The molecule has 0 atom stereocenters. The molecule has 0 aliphatic rings. The first-order valence-corrected chi connectivity index (χ1v) is 4.76. The van der Waals surface area contributed by atoms with E-state index in [9.17, 15) is 0 Å². The number of nitrogens with one attached hydrogen (secondary N) is 1. The molecule has 0 spiro atoms. The second kappa shape index (κ2) is 10.9. The van der Waals surface area contributed by atoms with E-state index >= 15 is 0 Å². The maximum absolute atomic E-state index is 4.92. The van der Waals surface area contributed by atoms with E-state index < -0.39 is 0 Å². The molecule has 55 valence electrons. The molecule has 0 saturated carbocycles. The summed E-state index contributed by atoms with van der Waals surface area (Å²) in [4.78, 5) is 0. The Hall–Kier alpha value is 1.88. The van der Waals surface area contributed by atoms with E-state index in [0.717, 1.165) is 10.9 Å². The van der Waals surface area contributed by atoms with Crippen LogP contribution in [-0.2, 0) is 0 Å². The second-order valence-corrected chi connectivity index (χ2v) is 3.26. The molecule has 0 amide bonds. The topological polar surface area (TPSA) is 12.0 Å². The molecule has 0 aromatic carbocycles. The van der Waals surface area contributed by atoms with Gasteiger partial charge in [-0.3, -0.25) is 0 Å². The first-order valence-electron chi connectivity index (χ1n) is 3.13. The summed E-state index contributed by atoms with van der Waals surface area (Å²) >= 11 is 6.52. The summed E-state index contributed by atoms with van der Waals surface area (Å²) < 4.78 is 0.906. The maximum Gasteiger partial charge on any atom is 0.133 e. The van der Waals surface area contributed by atoms with Gasteiger partial charge in [0, 0.05) is 57.9 Å². The Bertz CT molecular complexity index is 87.8. The summed E-state index contributed by atoms with van der Waals surface area (Å²) in [5, 5.41) is 3.13. The van der Waals surface area contributed by atoms with Gasteiger partial charge in [0.2, 0.25) is 0 Å². The molecule has 0 aromatic heterocycles. The van der Waals surface area contributed by atoms with E-state index in [4.69, 9.17) is 12.2 Å². The Kier molecular flexibility index (Phi) is 15.7. The first kappa shape index (κ1) is 14.4. The number of hydrogen-bond acceptors (Lipinski definition) is 2. The third-order valence-corrected chi connectivity index (χ3v) is 2.14. The van der Waals surface area contributed by atoms with Crippen LogP contribution in [0.5, 0.6) is 0 Å². The molecular formula is C6H13KNS2. The number of rotatable bonds is 3. The number of unbranched alkanes of at least 4 members (excludes halogenated alkanes) is 1.